The summed E-state index contributed by atoms with van der Waals surface area (Å²) in [5, 5.41) is 9.06. The van der Waals surface area contributed by atoms with E-state index in [2.05, 4.69) is 6.58 Å². The number of ether oxygens (including phenoxy) is 5. The van der Waals surface area contributed by atoms with Gasteiger partial charge >= 0.3 is 29.8 Å². The maximum Gasteiger partial charge on any atom is 0.330 e. The summed E-state index contributed by atoms with van der Waals surface area (Å²) < 4.78 is 25.4. The van der Waals surface area contributed by atoms with Gasteiger partial charge in [0.25, 0.3) is 0 Å². The zero-order valence-electron chi connectivity index (χ0n) is 21.3. The third-order valence-electron chi connectivity index (χ3n) is 5.87. The first kappa shape index (κ1) is 30.5. The number of carboxylic acids is 1. The molecule has 0 radical (unpaired) electrons. The summed E-state index contributed by atoms with van der Waals surface area (Å²) in [7, 11) is 0. The summed E-state index contributed by atoms with van der Waals surface area (Å²) in [5.41, 5.74) is 0.873. The van der Waals surface area contributed by atoms with E-state index in [4.69, 9.17) is 28.8 Å². The van der Waals surface area contributed by atoms with E-state index in [1.807, 2.05) is 0 Å². The number of rotatable bonds is 16. The minimum absolute atomic E-state index is 0.0143. The highest BCUT2D eigenvalue weighted by molar-refractivity contribution is 5.81. The normalized spacial score (nSPS) is 16.6. The number of carbonyl (C=O) groups is 5. The van der Waals surface area contributed by atoms with Crippen molar-refractivity contribution in [2.75, 3.05) is 33.0 Å². The molecular formula is C27H34O11. The average Bonchev–Trinajstić information content (AvgIpc) is 2.92. The molecule has 0 saturated heterocycles. The quantitative estimate of drug-likeness (QED) is 0.110. The van der Waals surface area contributed by atoms with Gasteiger partial charge in [-0.05, 0) is 43.4 Å². The van der Waals surface area contributed by atoms with Crippen LogP contribution in [0.5, 0.6) is 5.75 Å². The van der Waals surface area contributed by atoms with E-state index >= 15 is 0 Å². The third kappa shape index (κ3) is 12.0. The minimum Gasteiger partial charge on any atom is -0.481 e. The summed E-state index contributed by atoms with van der Waals surface area (Å²) in [4.78, 5) is 57.8. The molecule has 0 aliphatic heterocycles. The van der Waals surface area contributed by atoms with Crippen LogP contribution in [0.1, 0.15) is 44.1 Å². The van der Waals surface area contributed by atoms with Crippen molar-refractivity contribution in [1.82, 2.24) is 0 Å². The molecule has 11 nitrogen and oxygen atoms in total. The van der Waals surface area contributed by atoms with Gasteiger partial charge in [0.1, 0.15) is 19.0 Å². The molecule has 1 aromatic rings. The number of aliphatic carboxylic acids is 1. The van der Waals surface area contributed by atoms with Gasteiger partial charge in [0.15, 0.2) is 0 Å². The summed E-state index contributed by atoms with van der Waals surface area (Å²) in [6.45, 7) is 3.77. The van der Waals surface area contributed by atoms with E-state index in [0.717, 1.165) is 11.6 Å². The van der Waals surface area contributed by atoms with Gasteiger partial charge in [0, 0.05) is 12.5 Å². The van der Waals surface area contributed by atoms with Gasteiger partial charge in [-0.25, -0.2) is 4.79 Å². The summed E-state index contributed by atoms with van der Waals surface area (Å²) in [5.74, 6) is -3.07. The first-order valence-corrected chi connectivity index (χ1v) is 12.5. The molecule has 1 aliphatic carbocycles. The molecule has 0 spiro atoms. The average molecular weight is 535 g/mol. The second kappa shape index (κ2) is 16.9. The monoisotopic (exact) mass is 534 g/mol. The molecule has 1 N–H and O–H groups in total. The number of carboxylic acid groups (broad SMARTS) is 1. The van der Waals surface area contributed by atoms with Crippen molar-refractivity contribution in [2.24, 2.45) is 11.8 Å². The molecule has 11 heteroatoms. The van der Waals surface area contributed by atoms with E-state index in [1.165, 1.54) is 0 Å². The highest BCUT2D eigenvalue weighted by Gasteiger charge is 2.30. The number of esters is 4. The van der Waals surface area contributed by atoms with Crippen molar-refractivity contribution >= 4 is 29.8 Å². The predicted octanol–water partition coefficient (Wildman–Crippen LogP) is 2.64. The molecular weight excluding hydrogens is 500 g/mol. The molecule has 0 unspecified atom stereocenters. The van der Waals surface area contributed by atoms with Gasteiger partial charge in [-0.2, -0.15) is 0 Å². The van der Waals surface area contributed by atoms with Gasteiger partial charge in [-0.15, -0.1) is 0 Å². The molecule has 0 heterocycles. The predicted molar refractivity (Wildman–Crippen MR) is 132 cm³/mol. The lowest BCUT2D eigenvalue weighted by Crippen LogP contribution is -2.28. The maximum absolute atomic E-state index is 12.3. The van der Waals surface area contributed by atoms with Gasteiger partial charge < -0.3 is 28.8 Å². The summed E-state index contributed by atoms with van der Waals surface area (Å²) in [6.07, 6.45) is 3.22. The summed E-state index contributed by atoms with van der Waals surface area (Å²) >= 11 is 0. The molecule has 1 fully saturated rings. The number of hydrogen-bond donors (Lipinski definition) is 1. The molecule has 1 aliphatic rings. The van der Waals surface area contributed by atoms with E-state index in [9.17, 15) is 24.0 Å². The van der Waals surface area contributed by atoms with Crippen LogP contribution < -0.4 is 4.74 Å². The molecule has 1 aromatic carbocycles. The Kier molecular flexibility index (Phi) is 13.6. The number of carbonyl (C=O) groups excluding carboxylic acids is 4. The maximum atomic E-state index is 12.3. The van der Waals surface area contributed by atoms with Crippen molar-refractivity contribution < 1.29 is 52.8 Å². The van der Waals surface area contributed by atoms with Crippen molar-refractivity contribution in [3.63, 3.8) is 0 Å². The van der Waals surface area contributed by atoms with E-state index in [0.29, 0.717) is 37.9 Å². The molecule has 1 saturated carbocycles. The van der Waals surface area contributed by atoms with Crippen LogP contribution in [0.4, 0.5) is 0 Å². The topological polar surface area (TPSA) is 152 Å². The van der Waals surface area contributed by atoms with Crippen molar-refractivity contribution in [2.45, 2.75) is 44.9 Å². The smallest absolute Gasteiger partial charge is 0.330 e. The fourth-order valence-corrected chi connectivity index (χ4v) is 3.71. The number of benzene rings is 1. The number of hydrogen-bond acceptors (Lipinski definition) is 10. The van der Waals surface area contributed by atoms with Crippen LogP contribution in [-0.2, 0) is 49.3 Å². The standard InChI is InChI=1S/C27H34O11/c1-2-23(28)36-17-15-34-16-18-37-25(30)12-11-24(29)35-14-13-19-3-9-22(10-4-19)38-27(33)21-7-5-20(6-8-21)26(31)32/h2-4,9-10,20-21H,1,5-8,11-18H2,(H,31,32)/t20-,21-. The Balaban J connectivity index is 1.53. The Morgan fingerprint density at radius 2 is 1.34 bits per heavy atom. The zero-order chi connectivity index (χ0) is 27.8. The van der Waals surface area contributed by atoms with Crippen molar-refractivity contribution in [3.05, 3.63) is 42.5 Å². The first-order chi connectivity index (χ1) is 18.3. The van der Waals surface area contributed by atoms with Crippen LogP contribution in [0.3, 0.4) is 0 Å². The summed E-state index contributed by atoms with van der Waals surface area (Å²) in [6, 6.07) is 6.85. The lowest BCUT2D eigenvalue weighted by molar-refractivity contribution is -0.151. The van der Waals surface area contributed by atoms with Crippen LogP contribution >= 0.6 is 0 Å². The second-order valence-corrected chi connectivity index (χ2v) is 8.63. The highest BCUT2D eigenvalue weighted by atomic mass is 16.6. The lowest BCUT2D eigenvalue weighted by Gasteiger charge is -2.24. The molecule has 0 atom stereocenters. The van der Waals surface area contributed by atoms with Crippen molar-refractivity contribution in [1.29, 1.82) is 0 Å². The highest BCUT2D eigenvalue weighted by Crippen LogP contribution is 2.30. The van der Waals surface area contributed by atoms with Crippen LogP contribution in [0.2, 0.25) is 0 Å². The molecule has 38 heavy (non-hydrogen) atoms. The van der Waals surface area contributed by atoms with Crippen LogP contribution in [0.25, 0.3) is 0 Å². The van der Waals surface area contributed by atoms with Gasteiger partial charge in [0.2, 0.25) is 0 Å². The van der Waals surface area contributed by atoms with E-state index in [1.54, 1.807) is 24.3 Å². The van der Waals surface area contributed by atoms with Gasteiger partial charge in [0.05, 0.1) is 44.5 Å². The fraction of sp³-hybridized carbons (Fsp3) is 0.519. The third-order valence-corrected chi connectivity index (χ3v) is 5.87. The Morgan fingerprint density at radius 3 is 1.92 bits per heavy atom. The zero-order valence-corrected chi connectivity index (χ0v) is 21.3. The Bertz CT molecular complexity index is 946. The SMILES string of the molecule is C=CC(=O)OCCOCCOC(=O)CCC(=O)OCCc1ccc(OC(=O)[C@H]2CC[C@H](C(=O)O)CC2)cc1. The molecule has 0 amide bonds. The lowest BCUT2D eigenvalue weighted by atomic mass is 9.82. The van der Waals surface area contributed by atoms with E-state index < -0.39 is 23.9 Å². The largest absolute Gasteiger partial charge is 0.481 e. The van der Waals surface area contributed by atoms with Gasteiger partial charge in [-0.3, -0.25) is 19.2 Å². The molecule has 0 aromatic heterocycles. The molecule has 208 valence electrons. The van der Waals surface area contributed by atoms with Crippen LogP contribution in [0.15, 0.2) is 36.9 Å². The fourth-order valence-electron chi connectivity index (χ4n) is 3.71. The van der Waals surface area contributed by atoms with Gasteiger partial charge in [-0.1, -0.05) is 18.7 Å². The second-order valence-electron chi connectivity index (χ2n) is 8.63. The Labute approximate surface area is 221 Å². The molecule has 0 bridgehead atoms. The van der Waals surface area contributed by atoms with Crippen LogP contribution in [-0.4, -0.2) is 68.0 Å². The van der Waals surface area contributed by atoms with Crippen molar-refractivity contribution in [3.8, 4) is 5.75 Å². The molecule has 2 rings (SSSR count). The Hall–Kier alpha value is -3.73. The first-order valence-electron chi connectivity index (χ1n) is 12.5. The Morgan fingerprint density at radius 1 is 0.789 bits per heavy atom. The van der Waals surface area contributed by atoms with E-state index in [-0.39, 0.29) is 63.7 Å². The minimum atomic E-state index is -0.818. The van der Waals surface area contributed by atoms with Crippen LogP contribution in [0, 0.1) is 11.8 Å².